The lowest BCUT2D eigenvalue weighted by atomic mass is 9.89. The van der Waals surface area contributed by atoms with Crippen LogP contribution in [-0.4, -0.2) is 110 Å². The molecular formula is C112H133B3Cl4N8O14. The second kappa shape index (κ2) is 55.9. The molecule has 0 saturated heterocycles. The van der Waals surface area contributed by atoms with E-state index < -0.39 is 33.2 Å². The Morgan fingerprint density at radius 1 is 0.390 bits per heavy atom. The van der Waals surface area contributed by atoms with Crippen LogP contribution in [0.15, 0.2) is 280 Å². The van der Waals surface area contributed by atoms with Crippen molar-refractivity contribution in [3.05, 3.63) is 393 Å². The van der Waals surface area contributed by atoms with Crippen molar-refractivity contribution in [2.75, 3.05) is 45.8 Å². The van der Waals surface area contributed by atoms with Gasteiger partial charge in [-0.2, -0.15) is 0 Å². The Kier molecular flexibility index (Phi) is 44.9. The summed E-state index contributed by atoms with van der Waals surface area (Å²) in [7, 11) is -1.68. The van der Waals surface area contributed by atoms with Crippen LogP contribution in [0.25, 0.3) is 43.9 Å². The van der Waals surface area contributed by atoms with E-state index >= 15 is 0 Å². The number of fused-ring (bicyclic) bond motifs is 4. The van der Waals surface area contributed by atoms with Gasteiger partial charge in [-0.15, -0.1) is 0 Å². The number of aryl methyl sites for hydroxylation is 2. The smallest absolute Gasteiger partial charge is 0.373 e. The molecule has 742 valence electrons. The van der Waals surface area contributed by atoms with Crippen LogP contribution in [0.5, 0.6) is 0 Å². The summed E-state index contributed by atoms with van der Waals surface area (Å²) in [5.41, 5.74) is 23.5. The highest BCUT2D eigenvalue weighted by Crippen LogP contribution is 2.39. The van der Waals surface area contributed by atoms with Gasteiger partial charge in [0.05, 0.1) is 45.7 Å². The van der Waals surface area contributed by atoms with E-state index in [2.05, 4.69) is 34.8 Å². The molecule has 0 bridgehead atoms. The van der Waals surface area contributed by atoms with Crippen LogP contribution in [0.2, 0.25) is 40.6 Å². The lowest BCUT2D eigenvalue weighted by molar-refractivity contribution is -0.107. The van der Waals surface area contributed by atoms with Crippen LogP contribution < -0.4 is 54.2 Å². The third-order valence-corrected chi connectivity index (χ3v) is 24.8. The molecule has 4 atom stereocenters. The molecule has 11 N–H and O–H groups in total. The predicted octanol–water partition coefficient (Wildman–Crippen LogP) is 21.8. The summed E-state index contributed by atoms with van der Waals surface area (Å²) in [5, 5.41) is 43.9. The van der Waals surface area contributed by atoms with Gasteiger partial charge < -0.3 is 79.8 Å². The first-order valence-electron chi connectivity index (χ1n) is 47.8. The molecule has 4 heterocycles. The van der Waals surface area contributed by atoms with Crippen LogP contribution in [0, 0.1) is 37.5 Å². The number of nitrogens with zero attached hydrogens (tertiary/aromatic N) is 2. The van der Waals surface area contributed by atoms with Crippen molar-refractivity contribution in [3.63, 3.8) is 0 Å². The number of amides is 2. The molecule has 4 aromatic heterocycles. The number of rotatable bonds is 38. The van der Waals surface area contributed by atoms with E-state index in [0.29, 0.717) is 205 Å². The van der Waals surface area contributed by atoms with Crippen molar-refractivity contribution in [3.8, 4) is 0 Å². The van der Waals surface area contributed by atoms with Gasteiger partial charge in [-0.25, -0.2) is 0 Å². The number of nitrogens with two attached hydrogens (primary N) is 2. The molecule has 4 unspecified atom stereocenters. The van der Waals surface area contributed by atoms with Crippen LogP contribution in [0.3, 0.4) is 0 Å². The SMILES string of the molecule is C.CB(O)NCCC=O.CB(O)NCCCN(C(=O)c1ccc(C)cc1)C(c1oc2cc(Cl)ccc2c(=O)c1Cc1ccccc1)C(C)C.CB(O)NCCCNC(c1oc2cc(Cl)ccc2c(=O)c1Cc1ccccc1)C(C)C.CC(C)C(N)c1oc2cc(Cl)ccc2c(=O)c1Cc1ccccc1.Cc1ccc(C(=O)N(CCCN)C(c2oc3cc(Cl)ccc3c(=O)c2Cc2ccccc2)C(C)C)cc1. The summed E-state index contributed by atoms with van der Waals surface area (Å²) in [4.78, 5) is 95.6. The third-order valence-electron chi connectivity index (χ3n) is 23.9. The van der Waals surface area contributed by atoms with Crippen molar-refractivity contribution in [2.24, 2.45) is 35.1 Å². The highest BCUT2D eigenvalue weighted by atomic mass is 35.5. The fourth-order valence-corrected chi connectivity index (χ4v) is 17.2. The summed E-state index contributed by atoms with van der Waals surface area (Å²) < 4.78 is 25.4. The molecule has 2 amide bonds. The van der Waals surface area contributed by atoms with Crippen molar-refractivity contribution in [2.45, 2.75) is 173 Å². The van der Waals surface area contributed by atoms with Gasteiger partial charge in [-0.1, -0.05) is 266 Å². The Balaban J connectivity index is 0.000000206. The van der Waals surface area contributed by atoms with E-state index in [1.807, 2.05) is 235 Å². The van der Waals surface area contributed by atoms with Gasteiger partial charge in [0.15, 0.2) is 21.7 Å². The molecule has 14 rings (SSSR count). The molecular weight excluding hydrogens is 1860 g/mol. The minimum Gasteiger partial charge on any atom is -0.459 e. The van der Waals surface area contributed by atoms with E-state index in [1.165, 1.54) is 0 Å². The molecule has 10 aromatic carbocycles. The van der Waals surface area contributed by atoms with Crippen LogP contribution in [0.1, 0.15) is 212 Å². The number of benzene rings is 10. The predicted molar refractivity (Wildman–Crippen MR) is 580 cm³/mol. The summed E-state index contributed by atoms with van der Waals surface area (Å²) in [6.07, 6.45) is 5.11. The molecule has 29 heteroatoms. The summed E-state index contributed by atoms with van der Waals surface area (Å²) in [6, 6.07) is 73.4. The Hall–Kier alpha value is -11.4. The van der Waals surface area contributed by atoms with Gasteiger partial charge in [0.1, 0.15) is 51.7 Å². The lowest BCUT2D eigenvalue weighted by Crippen LogP contribution is -2.41. The summed E-state index contributed by atoms with van der Waals surface area (Å²) in [6.45, 7) is 29.1. The van der Waals surface area contributed by atoms with Gasteiger partial charge in [0.2, 0.25) is 0 Å². The molecule has 14 aromatic rings. The number of halogens is 4. The third kappa shape index (κ3) is 32.3. The zero-order chi connectivity index (χ0) is 101. The van der Waals surface area contributed by atoms with Gasteiger partial charge in [0.25, 0.3) is 11.8 Å². The molecule has 22 nitrogen and oxygen atoms in total. The van der Waals surface area contributed by atoms with Gasteiger partial charge in [-0.05, 0) is 205 Å². The first-order chi connectivity index (χ1) is 67.0. The van der Waals surface area contributed by atoms with Crippen LogP contribution in [0.4, 0.5) is 0 Å². The van der Waals surface area contributed by atoms with Gasteiger partial charge >= 0.3 is 21.2 Å². The van der Waals surface area contributed by atoms with E-state index in [9.17, 15) is 43.6 Å². The maximum absolute atomic E-state index is 14.1. The molecule has 0 saturated carbocycles. The van der Waals surface area contributed by atoms with E-state index in [0.717, 1.165) is 52.6 Å². The first kappa shape index (κ1) is 113. The highest BCUT2D eigenvalue weighted by molar-refractivity contribution is 6.46. The number of hydrogen-bond donors (Lipinski definition) is 9. The number of hydrogen-bond acceptors (Lipinski definition) is 20. The molecule has 0 radical (unpaired) electrons. The summed E-state index contributed by atoms with van der Waals surface area (Å²) >= 11 is 24.8. The van der Waals surface area contributed by atoms with E-state index in [1.54, 1.807) is 93.3 Å². The monoisotopic (exact) mass is 1990 g/mol. The molecule has 0 spiro atoms. The molecule has 0 fully saturated rings. The fourth-order valence-electron chi connectivity index (χ4n) is 16.6. The van der Waals surface area contributed by atoms with Gasteiger partial charge in [-0.3, -0.25) is 28.8 Å². The number of nitrogens with one attached hydrogen (secondary N) is 4. The van der Waals surface area contributed by atoms with E-state index in [4.69, 9.17) is 80.6 Å². The largest absolute Gasteiger partial charge is 0.459 e. The maximum atomic E-state index is 14.1. The average Bonchev–Trinajstić information content (AvgIpc) is 0.764. The highest BCUT2D eigenvalue weighted by Gasteiger charge is 2.37. The minimum atomic E-state index is -0.650. The Bertz CT molecular complexity index is 6640. The zero-order valence-electron chi connectivity index (χ0n) is 82.0. The number of aldehydes is 1. The molecule has 0 aliphatic heterocycles. The van der Waals surface area contributed by atoms with Gasteiger partial charge in [0, 0.05) is 123 Å². The van der Waals surface area contributed by atoms with Crippen LogP contribution in [-0.2, 0) is 30.5 Å². The number of carbonyl (C=O) groups is 3. The van der Waals surface area contributed by atoms with Crippen molar-refractivity contribution < 1.29 is 47.1 Å². The minimum absolute atomic E-state index is 0. The summed E-state index contributed by atoms with van der Waals surface area (Å²) in [5.74, 6) is 2.17. The lowest BCUT2D eigenvalue weighted by Gasteiger charge is -2.35. The van der Waals surface area contributed by atoms with Crippen molar-refractivity contribution in [1.82, 2.24) is 30.8 Å². The Morgan fingerprint density at radius 2 is 0.688 bits per heavy atom. The normalized spacial score (nSPS) is 12.0. The Labute approximate surface area is 848 Å². The fraction of sp³-hybridized carbons (Fsp3) is 0.330. The second-order valence-electron chi connectivity index (χ2n) is 36.6. The number of carbonyl (C=O) groups excluding carboxylic acids is 3. The zero-order valence-corrected chi connectivity index (χ0v) is 85.0. The maximum Gasteiger partial charge on any atom is 0.373 e. The topological polar surface area (TPSA) is 339 Å². The molecule has 0 aliphatic rings. The Morgan fingerprint density at radius 3 is 0.993 bits per heavy atom. The van der Waals surface area contributed by atoms with Crippen molar-refractivity contribution in [1.29, 1.82) is 0 Å². The van der Waals surface area contributed by atoms with E-state index in [-0.39, 0.29) is 76.7 Å². The van der Waals surface area contributed by atoms with Crippen molar-refractivity contribution >= 4 is 130 Å². The molecule has 0 aliphatic carbocycles. The molecule has 141 heavy (non-hydrogen) atoms. The standard InChI is InChI=1S/C32H36BClN2O4.C31H33ClN2O3.C24H30BClN2O3.C20H20ClNO2.C4H10BNO2.CH4/c1-21(2)29(36(18-8-17-35-33(4)39)32(38)24-13-11-22(3)12-14-24)31-27(19-23-9-6-5-7-10-23)30(37)26-16-15-25(34)20-28(26)40-31;1-20(2)28(34(17-7-16-33)31(36)23-12-10-21(3)11-13-23)30-26(18-22-8-5-4-6-9-22)29(35)25-15-14-24(32)19-27(25)37-30;1-16(2)22(27-12-7-13-28-25(3)30)24-20(14-17-8-5-4-6-9-17)23(29)19-11-10-18(26)15-21(19)31-24;1-12(2)18(22)20-16(10-13-6-4-3-5-7-13)19(23)15-9-8-14(21)11-17(15)24-20;1-5(8)6-3-2-4-7;/h5-7,9-16,20-21,29,35,39H,8,17-19H2,1-4H3;4-6,8-15,19-20,28H,7,16-18,33H2,1-3H3;4-6,8-11,15-16,22,27-28,30H,7,12-14H2,1-3H3;3-9,11-12,18H,10,22H2,1-2H3;4,6,8H,2-3H2,1H3;1H4. The first-order valence-corrected chi connectivity index (χ1v) is 49.4. The van der Waals surface area contributed by atoms with Crippen LogP contribution >= 0.6 is 46.4 Å². The quantitative estimate of drug-likeness (QED) is 0.00986. The second-order valence-corrected chi connectivity index (χ2v) is 38.3. The average molecular weight is 1990 g/mol.